The molecule has 104 valence electrons. The van der Waals surface area contributed by atoms with Crippen LogP contribution in [-0.4, -0.2) is 59.1 Å². The van der Waals surface area contributed by atoms with Crippen LogP contribution < -0.4 is 5.32 Å². The molecular formula is C14H26N2S2. The molecule has 1 aliphatic carbocycles. The SMILES string of the molecule is C1CCC2(CC1)CN(CC1CSCCS1)CCN2. The molecule has 1 spiro atoms. The molecule has 1 unspecified atom stereocenters. The lowest BCUT2D eigenvalue weighted by Crippen LogP contribution is -2.61. The Kier molecular flexibility index (Phi) is 4.82. The van der Waals surface area contributed by atoms with Crippen molar-refractivity contribution in [1.29, 1.82) is 0 Å². The molecule has 1 N–H and O–H groups in total. The number of thioether (sulfide) groups is 2. The van der Waals surface area contributed by atoms with Crippen molar-refractivity contribution in [2.24, 2.45) is 0 Å². The number of piperazine rings is 1. The molecule has 0 aromatic rings. The molecule has 2 saturated heterocycles. The van der Waals surface area contributed by atoms with Crippen molar-refractivity contribution in [1.82, 2.24) is 10.2 Å². The summed E-state index contributed by atoms with van der Waals surface area (Å²) in [6.45, 7) is 5.13. The third-order valence-corrected chi connectivity index (χ3v) is 7.44. The topological polar surface area (TPSA) is 15.3 Å². The summed E-state index contributed by atoms with van der Waals surface area (Å²) in [5.41, 5.74) is 0.489. The molecule has 1 saturated carbocycles. The Morgan fingerprint density at radius 2 is 2.06 bits per heavy atom. The average molecular weight is 287 g/mol. The molecule has 0 bridgehead atoms. The highest BCUT2D eigenvalue weighted by molar-refractivity contribution is 8.06. The average Bonchev–Trinajstić information content (AvgIpc) is 2.41. The van der Waals surface area contributed by atoms with Crippen molar-refractivity contribution in [3.63, 3.8) is 0 Å². The Balaban J connectivity index is 1.52. The standard InChI is InChI=1S/C14H26N2S2/c1-2-4-14(5-3-1)12-16(7-6-15-14)10-13-11-17-8-9-18-13/h13,15H,1-12H2. The van der Waals surface area contributed by atoms with E-state index in [1.54, 1.807) is 0 Å². The minimum Gasteiger partial charge on any atom is -0.309 e. The zero-order valence-corrected chi connectivity index (χ0v) is 13.0. The molecule has 0 radical (unpaired) electrons. The first kappa shape index (κ1) is 13.6. The molecule has 4 heteroatoms. The van der Waals surface area contributed by atoms with Crippen molar-refractivity contribution >= 4 is 23.5 Å². The molecule has 3 rings (SSSR count). The fourth-order valence-electron chi connectivity index (χ4n) is 3.69. The van der Waals surface area contributed by atoms with Gasteiger partial charge in [-0.3, -0.25) is 4.90 Å². The highest BCUT2D eigenvalue weighted by Gasteiger charge is 2.36. The van der Waals surface area contributed by atoms with E-state index in [0.29, 0.717) is 5.54 Å². The Bertz CT molecular complexity index is 255. The summed E-state index contributed by atoms with van der Waals surface area (Å²) < 4.78 is 0. The maximum absolute atomic E-state index is 3.85. The van der Waals surface area contributed by atoms with Crippen molar-refractivity contribution in [3.05, 3.63) is 0 Å². The number of nitrogens with zero attached hydrogens (tertiary/aromatic N) is 1. The van der Waals surface area contributed by atoms with E-state index in [-0.39, 0.29) is 0 Å². The van der Waals surface area contributed by atoms with Crippen LogP contribution in [0.25, 0.3) is 0 Å². The zero-order valence-electron chi connectivity index (χ0n) is 11.3. The van der Waals surface area contributed by atoms with Crippen molar-refractivity contribution in [3.8, 4) is 0 Å². The summed E-state index contributed by atoms with van der Waals surface area (Å²) in [4.78, 5) is 2.76. The van der Waals surface area contributed by atoms with E-state index in [1.807, 2.05) is 0 Å². The number of nitrogens with one attached hydrogen (secondary N) is 1. The van der Waals surface area contributed by atoms with Crippen molar-refractivity contribution in [2.45, 2.75) is 42.9 Å². The van der Waals surface area contributed by atoms with Crippen LogP contribution in [0.3, 0.4) is 0 Å². The van der Waals surface area contributed by atoms with E-state index in [4.69, 9.17) is 0 Å². The van der Waals surface area contributed by atoms with E-state index in [9.17, 15) is 0 Å². The highest BCUT2D eigenvalue weighted by atomic mass is 32.2. The van der Waals surface area contributed by atoms with Crippen LogP contribution in [0.15, 0.2) is 0 Å². The van der Waals surface area contributed by atoms with Crippen LogP contribution in [0, 0.1) is 0 Å². The van der Waals surface area contributed by atoms with Crippen LogP contribution in [0.1, 0.15) is 32.1 Å². The smallest absolute Gasteiger partial charge is 0.0309 e. The van der Waals surface area contributed by atoms with Gasteiger partial charge in [0.05, 0.1) is 0 Å². The van der Waals surface area contributed by atoms with Gasteiger partial charge < -0.3 is 5.32 Å². The van der Waals surface area contributed by atoms with Gasteiger partial charge in [-0.1, -0.05) is 19.3 Å². The molecule has 2 nitrogen and oxygen atoms in total. The van der Waals surface area contributed by atoms with Crippen LogP contribution in [0.5, 0.6) is 0 Å². The first-order valence-corrected chi connectivity index (χ1v) is 9.73. The second kappa shape index (κ2) is 6.38. The molecule has 3 fully saturated rings. The Morgan fingerprint density at radius 3 is 2.83 bits per heavy atom. The van der Waals surface area contributed by atoms with E-state index in [0.717, 1.165) is 5.25 Å². The van der Waals surface area contributed by atoms with Gasteiger partial charge in [0, 0.05) is 54.2 Å². The van der Waals surface area contributed by atoms with Crippen LogP contribution in [0.2, 0.25) is 0 Å². The highest BCUT2D eigenvalue weighted by Crippen LogP contribution is 2.31. The van der Waals surface area contributed by atoms with E-state index in [1.165, 1.54) is 75.5 Å². The predicted octanol–water partition coefficient (Wildman–Crippen LogP) is 2.44. The molecule has 2 aliphatic heterocycles. The fraction of sp³-hybridized carbons (Fsp3) is 1.00. The lowest BCUT2D eigenvalue weighted by molar-refractivity contribution is 0.101. The van der Waals surface area contributed by atoms with E-state index >= 15 is 0 Å². The molecule has 1 atom stereocenters. The maximum atomic E-state index is 3.85. The van der Waals surface area contributed by atoms with Crippen LogP contribution >= 0.6 is 23.5 Å². The lowest BCUT2D eigenvalue weighted by atomic mass is 9.80. The molecule has 0 aromatic carbocycles. The van der Waals surface area contributed by atoms with Gasteiger partial charge in [-0.15, -0.1) is 0 Å². The minimum atomic E-state index is 0.489. The van der Waals surface area contributed by atoms with Gasteiger partial charge in [0.15, 0.2) is 0 Å². The summed E-state index contributed by atoms with van der Waals surface area (Å²) in [7, 11) is 0. The summed E-state index contributed by atoms with van der Waals surface area (Å²) >= 11 is 4.36. The normalized spacial score (nSPS) is 33.7. The summed E-state index contributed by atoms with van der Waals surface area (Å²) in [6.07, 6.45) is 7.16. The lowest BCUT2D eigenvalue weighted by Gasteiger charge is -2.47. The van der Waals surface area contributed by atoms with Gasteiger partial charge in [-0.05, 0) is 12.8 Å². The van der Waals surface area contributed by atoms with Crippen LogP contribution in [-0.2, 0) is 0 Å². The molecule has 2 heterocycles. The second-order valence-electron chi connectivity index (χ2n) is 6.07. The first-order valence-electron chi connectivity index (χ1n) is 7.53. The van der Waals surface area contributed by atoms with Gasteiger partial charge in [-0.2, -0.15) is 23.5 Å². The summed E-state index contributed by atoms with van der Waals surface area (Å²) in [5, 5.41) is 4.74. The zero-order chi connectivity index (χ0) is 12.3. The quantitative estimate of drug-likeness (QED) is 0.838. The molecule has 0 aromatic heterocycles. The first-order chi connectivity index (χ1) is 8.86. The van der Waals surface area contributed by atoms with Crippen molar-refractivity contribution < 1.29 is 0 Å². The number of hydrogen-bond acceptors (Lipinski definition) is 4. The molecule has 18 heavy (non-hydrogen) atoms. The summed E-state index contributed by atoms with van der Waals surface area (Å²) in [6, 6.07) is 0. The largest absolute Gasteiger partial charge is 0.309 e. The second-order valence-corrected chi connectivity index (χ2v) is 8.63. The third-order valence-electron chi connectivity index (χ3n) is 4.61. The molecular weight excluding hydrogens is 260 g/mol. The van der Waals surface area contributed by atoms with Crippen LogP contribution in [0.4, 0.5) is 0 Å². The predicted molar refractivity (Wildman–Crippen MR) is 83.8 cm³/mol. The van der Waals surface area contributed by atoms with Gasteiger partial charge in [0.1, 0.15) is 0 Å². The number of rotatable bonds is 2. The Hall–Kier alpha value is 0.620. The Morgan fingerprint density at radius 1 is 1.17 bits per heavy atom. The monoisotopic (exact) mass is 286 g/mol. The van der Waals surface area contributed by atoms with Gasteiger partial charge >= 0.3 is 0 Å². The van der Waals surface area contributed by atoms with E-state index in [2.05, 4.69) is 33.7 Å². The van der Waals surface area contributed by atoms with Gasteiger partial charge in [0.2, 0.25) is 0 Å². The molecule has 3 aliphatic rings. The number of hydrogen-bond donors (Lipinski definition) is 1. The van der Waals surface area contributed by atoms with Gasteiger partial charge in [-0.25, -0.2) is 0 Å². The fourth-order valence-corrected chi connectivity index (χ4v) is 6.41. The maximum Gasteiger partial charge on any atom is 0.0309 e. The van der Waals surface area contributed by atoms with Crippen molar-refractivity contribution in [2.75, 3.05) is 43.4 Å². The third kappa shape index (κ3) is 3.38. The summed E-state index contributed by atoms with van der Waals surface area (Å²) in [5.74, 6) is 4.11. The molecule has 0 amide bonds. The van der Waals surface area contributed by atoms with Gasteiger partial charge in [0.25, 0.3) is 0 Å². The Labute approximate surface area is 120 Å². The van der Waals surface area contributed by atoms with E-state index < -0.39 is 0 Å². The minimum absolute atomic E-state index is 0.489.